The zero-order chi connectivity index (χ0) is 16.8. The van der Waals surface area contributed by atoms with Crippen LogP contribution >= 0.6 is 0 Å². The first-order valence-corrected chi connectivity index (χ1v) is 8.70. The van der Waals surface area contributed by atoms with Gasteiger partial charge in [0.15, 0.2) is 0 Å². The number of benzene rings is 1. The van der Waals surface area contributed by atoms with Crippen LogP contribution in [0, 0.1) is 11.8 Å². The standard InChI is InChI=1S/C19H29NO3/c1-13(2)11-16(19(22)23)12-20-17-7-3-14(4-8-17)15-5-9-18(21)10-6-15/h5-6,9-10,13-14,16-17,20-21H,3-4,7-8,11-12H2,1-2H3,(H,22,23). The van der Waals surface area contributed by atoms with Crippen molar-refractivity contribution < 1.29 is 15.0 Å². The van der Waals surface area contributed by atoms with Crippen LogP contribution in [0.2, 0.25) is 0 Å². The third-order valence-electron chi connectivity index (χ3n) is 4.85. The second kappa shape index (κ2) is 8.34. The van der Waals surface area contributed by atoms with Crippen LogP contribution in [0.1, 0.15) is 57.4 Å². The lowest BCUT2D eigenvalue weighted by Gasteiger charge is -2.30. The SMILES string of the molecule is CC(C)CC(CNC1CCC(c2ccc(O)cc2)CC1)C(=O)O. The molecule has 1 atom stereocenters. The topological polar surface area (TPSA) is 69.6 Å². The minimum atomic E-state index is -0.691. The van der Waals surface area contributed by atoms with Crippen molar-refractivity contribution in [2.75, 3.05) is 6.54 Å². The summed E-state index contributed by atoms with van der Waals surface area (Å²) in [5, 5.41) is 22.1. The number of phenols is 1. The molecular formula is C19H29NO3. The second-order valence-corrected chi connectivity index (χ2v) is 7.21. The van der Waals surface area contributed by atoms with Gasteiger partial charge in [-0.05, 0) is 61.6 Å². The molecule has 0 aliphatic heterocycles. The average Bonchev–Trinajstić information content (AvgIpc) is 2.52. The van der Waals surface area contributed by atoms with Crippen LogP contribution in [0.5, 0.6) is 5.75 Å². The highest BCUT2D eigenvalue weighted by Gasteiger charge is 2.24. The number of aliphatic carboxylic acids is 1. The molecule has 0 saturated heterocycles. The summed E-state index contributed by atoms with van der Waals surface area (Å²) in [7, 11) is 0. The first kappa shape index (κ1) is 17.8. The molecule has 1 aliphatic rings. The van der Waals surface area contributed by atoms with Crippen LogP contribution < -0.4 is 5.32 Å². The lowest BCUT2D eigenvalue weighted by Crippen LogP contribution is -2.38. The molecule has 23 heavy (non-hydrogen) atoms. The molecule has 128 valence electrons. The molecule has 1 aliphatic carbocycles. The Kier molecular flexibility index (Phi) is 6.46. The van der Waals surface area contributed by atoms with E-state index in [2.05, 4.69) is 19.2 Å². The highest BCUT2D eigenvalue weighted by atomic mass is 16.4. The monoisotopic (exact) mass is 319 g/mol. The van der Waals surface area contributed by atoms with Crippen LogP contribution in [-0.2, 0) is 4.79 Å². The molecule has 4 heteroatoms. The molecule has 0 spiro atoms. The van der Waals surface area contributed by atoms with E-state index in [1.54, 1.807) is 12.1 Å². The van der Waals surface area contributed by atoms with Gasteiger partial charge < -0.3 is 15.5 Å². The van der Waals surface area contributed by atoms with Gasteiger partial charge in [0, 0.05) is 12.6 Å². The van der Waals surface area contributed by atoms with Gasteiger partial charge in [-0.15, -0.1) is 0 Å². The maximum absolute atomic E-state index is 11.3. The van der Waals surface area contributed by atoms with E-state index in [0.717, 1.165) is 32.1 Å². The van der Waals surface area contributed by atoms with Crippen LogP contribution in [0.4, 0.5) is 0 Å². The Balaban J connectivity index is 1.78. The lowest BCUT2D eigenvalue weighted by molar-refractivity contribution is -0.142. The van der Waals surface area contributed by atoms with E-state index in [4.69, 9.17) is 0 Å². The number of carboxylic acids is 1. The number of carbonyl (C=O) groups is 1. The fraction of sp³-hybridized carbons (Fsp3) is 0.632. The maximum Gasteiger partial charge on any atom is 0.307 e. The van der Waals surface area contributed by atoms with Crippen LogP contribution in [-0.4, -0.2) is 28.8 Å². The molecule has 1 unspecified atom stereocenters. The molecule has 0 amide bonds. The van der Waals surface area contributed by atoms with Crippen LogP contribution in [0.25, 0.3) is 0 Å². The van der Waals surface area contributed by atoms with Crippen molar-refractivity contribution in [3.05, 3.63) is 29.8 Å². The molecule has 0 heterocycles. The summed E-state index contributed by atoms with van der Waals surface area (Å²) < 4.78 is 0. The average molecular weight is 319 g/mol. The second-order valence-electron chi connectivity index (χ2n) is 7.21. The van der Waals surface area contributed by atoms with Crippen molar-refractivity contribution in [2.45, 2.75) is 57.9 Å². The van der Waals surface area contributed by atoms with Gasteiger partial charge in [0.1, 0.15) is 5.75 Å². The predicted molar refractivity (Wildman–Crippen MR) is 91.7 cm³/mol. The minimum Gasteiger partial charge on any atom is -0.508 e. The van der Waals surface area contributed by atoms with Gasteiger partial charge in [-0.2, -0.15) is 0 Å². The number of hydrogen-bond acceptors (Lipinski definition) is 3. The Morgan fingerprint density at radius 1 is 1.17 bits per heavy atom. The molecule has 3 N–H and O–H groups in total. The Hall–Kier alpha value is -1.55. The summed E-state index contributed by atoms with van der Waals surface area (Å²) in [5.74, 6) is 0.297. The van der Waals surface area contributed by atoms with E-state index < -0.39 is 5.97 Å². The highest BCUT2D eigenvalue weighted by Crippen LogP contribution is 2.33. The molecular weight excluding hydrogens is 290 g/mol. The summed E-state index contributed by atoms with van der Waals surface area (Å²) in [4.78, 5) is 11.3. The quantitative estimate of drug-likeness (QED) is 0.716. The Labute approximate surface area is 138 Å². The van der Waals surface area contributed by atoms with E-state index in [1.165, 1.54) is 5.56 Å². The fourth-order valence-electron chi connectivity index (χ4n) is 3.53. The third-order valence-corrected chi connectivity index (χ3v) is 4.85. The first-order chi connectivity index (χ1) is 11.0. The van der Waals surface area contributed by atoms with Crippen molar-refractivity contribution >= 4 is 5.97 Å². The largest absolute Gasteiger partial charge is 0.508 e. The Morgan fingerprint density at radius 2 is 1.78 bits per heavy atom. The summed E-state index contributed by atoms with van der Waals surface area (Å²) in [6.07, 6.45) is 5.12. The summed E-state index contributed by atoms with van der Waals surface area (Å²) >= 11 is 0. The van der Waals surface area contributed by atoms with E-state index in [-0.39, 0.29) is 5.92 Å². The van der Waals surface area contributed by atoms with Gasteiger partial charge in [-0.1, -0.05) is 26.0 Å². The molecule has 1 aromatic carbocycles. The number of aromatic hydroxyl groups is 1. The summed E-state index contributed by atoms with van der Waals surface area (Å²) in [6, 6.07) is 7.96. The first-order valence-electron chi connectivity index (χ1n) is 8.70. The smallest absolute Gasteiger partial charge is 0.307 e. The maximum atomic E-state index is 11.3. The predicted octanol–water partition coefficient (Wildman–Crippen LogP) is 3.75. The normalized spacial score (nSPS) is 22.9. The Morgan fingerprint density at radius 3 is 2.30 bits per heavy atom. The van der Waals surface area contributed by atoms with Crippen molar-refractivity contribution in [2.24, 2.45) is 11.8 Å². The highest BCUT2D eigenvalue weighted by molar-refractivity contribution is 5.70. The molecule has 0 radical (unpaired) electrons. The minimum absolute atomic E-state index is 0.287. The van der Waals surface area contributed by atoms with Crippen molar-refractivity contribution in [1.29, 1.82) is 0 Å². The van der Waals surface area contributed by atoms with Crippen molar-refractivity contribution in [3.8, 4) is 5.75 Å². The number of nitrogens with one attached hydrogen (secondary N) is 1. The molecule has 1 saturated carbocycles. The van der Waals surface area contributed by atoms with Crippen LogP contribution in [0.15, 0.2) is 24.3 Å². The number of rotatable bonds is 7. The molecule has 0 aromatic heterocycles. The zero-order valence-corrected chi connectivity index (χ0v) is 14.2. The number of phenolic OH excluding ortho intramolecular Hbond substituents is 1. The Bertz CT molecular complexity index is 490. The van der Waals surface area contributed by atoms with Gasteiger partial charge in [0.05, 0.1) is 5.92 Å². The van der Waals surface area contributed by atoms with E-state index in [9.17, 15) is 15.0 Å². The van der Waals surface area contributed by atoms with E-state index in [1.807, 2.05) is 12.1 Å². The van der Waals surface area contributed by atoms with Gasteiger partial charge in [-0.25, -0.2) is 0 Å². The van der Waals surface area contributed by atoms with Gasteiger partial charge >= 0.3 is 5.97 Å². The molecule has 1 fully saturated rings. The summed E-state index contributed by atoms with van der Waals surface area (Å²) in [6.45, 7) is 4.71. The molecule has 4 nitrogen and oxygen atoms in total. The van der Waals surface area contributed by atoms with Gasteiger partial charge in [0.2, 0.25) is 0 Å². The fourth-order valence-corrected chi connectivity index (χ4v) is 3.53. The molecule has 2 rings (SSSR count). The lowest BCUT2D eigenvalue weighted by atomic mass is 9.81. The number of carboxylic acid groups (broad SMARTS) is 1. The third kappa shape index (κ3) is 5.54. The van der Waals surface area contributed by atoms with Crippen molar-refractivity contribution in [1.82, 2.24) is 5.32 Å². The van der Waals surface area contributed by atoms with Crippen molar-refractivity contribution in [3.63, 3.8) is 0 Å². The molecule has 0 bridgehead atoms. The van der Waals surface area contributed by atoms with Gasteiger partial charge in [-0.3, -0.25) is 4.79 Å². The molecule has 1 aromatic rings. The van der Waals surface area contributed by atoms with Crippen LogP contribution in [0.3, 0.4) is 0 Å². The summed E-state index contributed by atoms with van der Waals surface area (Å²) in [5.41, 5.74) is 1.30. The number of hydrogen-bond donors (Lipinski definition) is 3. The van der Waals surface area contributed by atoms with E-state index in [0.29, 0.717) is 30.2 Å². The van der Waals surface area contributed by atoms with Gasteiger partial charge in [0.25, 0.3) is 0 Å². The zero-order valence-electron chi connectivity index (χ0n) is 14.2. The van der Waals surface area contributed by atoms with E-state index >= 15 is 0 Å².